The molecule has 10 heteroatoms. The second-order valence-corrected chi connectivity index (χ2v) is 8.67. The fraction of sp³-hybridized carbons (Fsp3) is 0.440. The van der Waals surface area contributed by atoms with Crippen molar-refractivity contribution in [3.05, 3.63) is 65.7 Å². The number of likely N-dealkylation sites (tertiary alicyclic amines) is 1. The number of alkyl halides is 3. The molecule has 1 N–H and O–H groups in total. The summed E-state index contributed by atoms with van der Waals surface area (Å²) in [5, 5.41) is 2.70. The standard InChI is InChI=1S/C25H27F3N2O5/c1-33-20-11-7-6-10-18(20)19-16-29-22(32)35-23(19)12-14-30(15-13-23)21(31)24(34-2,25(26,27)28)17-8-4-3-5-9-17/h3-11,19H,12-16H2,1-2H3,(H,29,32)/t19?,24-/m1/s1. The largest absolute Gasteiger partial charge is 0.496 e. The zero-order chi connectivity index (χ0) is 25.3. The van der Waals surface area contributed by atoms with Crippen LogP contribution in [0.2, 0.25) is 0 Å². The van der Waals surface area contributed by atoms with Crippen LogP contribution in [0, 0.1) is 0 Å². The predicted octanol–water partition coefficient (Wildman–Crippen LogP) is 3.98. The van der Waals surface area contributed by atoms with Crippen LogP contribution in [-0.2, 0) is 19.9 Å². The van der Waals surface area contributed by atoms with Crippen molar-refractivity contribution >= 4 is 12.0 Å². The number of halogens is 3. The van der Waals surface area contributed by atoms with E-state index in [0.29, 0.717) is 5.75 Å². The molecule has 2 fully saturated rings. The van der Waals surface area contributed by atoms with Gasteiger partial charge in [0.2, 0.25) is 0 Å². The van der Waals surface area contributed by atoms with E-state index < -0.39 is 29.4 Å². The Kier molecular flexibility index (Phi) is 6.68. The average molecular weight is 492 g/mol. The molecule has 0 saturated carbocycles. The van der Waals surface area contributed by atoms with Crippen molar-refractivity contribution in [2.45, 2.75) is 36.1 Å². The van der Waals surface area contributed by atoms with Gasteiger partial charge in [0.05, 0.1) is 7.11 Å². The fourth-order valence-electron chi connectivity index (χ4n) is 5.17. The van der Waals surface area contributed by atoms with Crippen LogP contribution in [0.15, 0.2) is 54.6 Å². The number of carbonyl (C=O) groups excluding carboxylic acids is 2. The lowest BCUT2D eigenvalue weighted by atomic mass is 9.74. The summed E-state index contributed by atoms with van der Waals surface area (Å²) in [7, 11) is 2.43. The molecule has 0 bridgehead atoms. The number of piperidine rings is 1. The van der Waals surface area contributed by atoms with Crippen molar-refractivity contribution in [1.29, 1.82) is 0 Å². The molecule has 2 aliphatic heterocycles. The number of amides is 2. The highest BCUT2D eigenvalue weighted by Crippen LogP contribution is 2.47. The number of nitrogens with zero attached hydrogens (tertiary/aromatic N) is 1. The Morgan fingerprint density at radius 3 is 2.29 bits per heavy atom. The van der Waals surface area contributed by atoms with Gasteiger partial charge in [-0.05, 0) is 6.07 Å². The summed E-state index contributed by atoms with van der Waals surface area (Å²) in [5.74, 6) is -0.880. The van der Waals surface area contributed by atoms with Gasteiger partial charge in [0.15, 0.2) is 0 Å². The van der Waals surface area contributed by atoms with Gasteiger partial charge in [-0.2, -0.15) is 13.2 Å². The maximum Gasteiger partial charge on any atom is 0.430 e. The number of hydrogen-bond donors (Lipinski definition) is 1. The van der Waals surface area contributed by atoms with Gasteiger partial charge >= 0.3 is 12.3 Å². The summed E-state index contributed by atoms with van der Waals surface area (Å²) >= 11 is 0. The number of carbonyl (C=O) groups is 2. The van der Waals surface area contributed by atoms with Gasteiger partial charge in [-0.25, -0.2) is 4.79 Å². The van der Waals surface area contributed by atoms with Gasteiger partial charge in [0, 0.05) is 56.6 Å². The highest BCUT2D eigenvalue weighted by molar-refractivity contribution is 5.88. The van der Waals surface area contributed by atoms with E-state index in [9.17, 15) is 22.8 Å². The minimum Gasteiger partial charge on any atom is -0.496 e. The van der Waals surface area contributed by atoms with Crippen LogP contribution in [0.25, 0.3) is 0 Å². The van der Waals surface area contributed by atoms with E-state index in [2.05, 4.69) is 5.32 Å². The van der Waals surface area contributed by atoms with Crippen LogP contribution >= 0.6 is 0 Å². The van der Waals surface area contributed by atoms with Crippen LogP contribution in [-0.4, -0.2) is 62.5 Å². The molecule has 2 aromatic carbocycles. The minimum absolute atomic E-state index is 0.0359. The molecule has 7 nitrogen and oxygen atoms in total. The summed E-state index contributed by atoms with van der Waals surface area (Å²) in [4.78, 5) is 26.8. The van der Waals surface area contributed by atoms with Crippen LogP contribution in [0.1, 0.15) is 29.9 Å². The summed E-state index contributed by atoms with van der Waals surface area (Å²) in [5.41, 5.74) is -3.60. The van der Waals surface area contributed by atoms with Crippen molar-refractivity contribution in [2.75, 3.05) is 33.9 Å². The zero-order valence-electron chi connectivity index (χ0n) is 19.4. The second kappa shape index (κ2) is 9.41. The maximum atomic E-state index is 14.4. The van der Waals surface area contributed by atoms with Gasteiger partial charge in [-0.15, -0.1) is 0 Å². The van der Waals surface area contributed by atoms with E-state index in [1.54, 1.807) is 19.2 Å². The normalized spacial score (nSPS) is 21.6. The molecule has 2 heterocycles. The summed E-state index contributed by atoms with van der Waals surface area (Å²) < 4.78 is 59.3. The molecule has 0 aromatic heterocycles. The van der Waals surface area contributed by atoms with Gasteiger partial charge < -0.3 is 24.4 Å². The van der Waals surface area contributed by atoms with Gasteiger partial charge in [0.25, 0.3) is 11.5 Å². The van der Waals surface area contributed by atoms with E-state index in [1.807, 2.05) is 18.2 Å². The van der Waals surface area contributed by atoms with Crippen molar-refractivity contribution < 1.29 is 37.0 Å². The number of hydrogen-bond acceptors (Lipinski definition) is 5. The van der Waals surface area contributed by atoms with E-state index in [1.165, 1.54) is 24.3 Å². The van der Waals surface area contributed by atoms with Crippen molar-refractivity contribution in [1.82, 2.24) is 10.2 Å². The smallest absolute Gasteiger partial charge is 0.430 e. The molecule has 35 heavy (non-hydrogen) atoms. The monoisotopic (exact) mass is 492 g/mol. The van der Waals surface area contributed by atoms with Crippen LogP contribution in [0.5, 0.6) is 5.75 Å². The molecule has 2 atom stereocenters. The number of ether oxygens (including phenoxy) is 3. The molecule has 2 aromatic rings. The number of para-hydroxylation sites is 1. The van der Waals surface area contributed by atoms with Crippen molar-refractivity contribution in [2.24, 2.45) is 0 Å². The Morgan fingerprint density at radius 2 is 1.69 bits per heavy atom. The number of rotatable bonds is 5. The first-order chi connectivity index (χ1) is 16.7. The Bertz CT molecular complexity index is 1070. The average Bonchev–Trinajstić information content (AvgIpc) is 2.85. The molecule has 2 amide bonds. The fourth-order valence-corrected chi connectivity index (χ4v) is 5.17. The number of nitrogens with one attached hydrogen (secondary N) is 1. The quantitative estimate of drug-likeness (QED) is 0.683. The van der Waals surface area contributed by atoms with Gasteiger partial charge in [-0.3, -0.25) is 4.79 Å². The Hall–Kier alpha value is -3.27. The zero-order valence-corrected chi connectivity index (χ0v) is 19.4. The molecule has 4 rings (SSSR count). The molecule has 0 radical (unpaired) electrons. The molecule has 2 aliphatic rings. The molecular formula is C25H27F3N2O5. The lowest BCUT2D eigenvalue weighted by Crippen LogP contribution is -2.62. The molecule has 188 valence electrons. The summed E-state index contributed by atoms with van der Waals surface area (Å²) in [6, 6.07) is 14.2. The van der Waals surface area contributed by atoms with Crippen molar-refractivity contribution in [3.8, 4) is 5.75 Å². The number of benzene rings is 2. The summed E-state index contributed by atoms with van der Waals surface area (Å²) in [6.07, 6.45) is -5.25. The topological polar surface area (TPSA) is 77.1 Å². The van der Waals surface area contributed by atoms with Crippen molar-refractivity contribution in [3.63, 3.8) is 0 Å². The van der Waals surface area contributed by atoms with E-state index in [0.717, 1.165) is 17.6 Å². The van der Waals surface area contributed by atoms with Gasteiger partial charge in [-0.1, -0.05) is 48.5 Å². The first-order valence-corrected chi connectivity index (χ1v) is 11.2. The first-order valence-electron chi connectivity index (χ1n) is 11.2. The van der Waals surface area contributed by atoms with E-state index in [4.69, 9.17) is 14.2 Å². The van der Waals surface area contributed by atoms with Gasteiger partial charge in [0.1, 0.15) is 11.4 Å². The lowest BCUT2D eigenvalue weighted by Gasteiger charge is -2.49. The maximum absolute atomic E-state index is 14.4. The molecule has 1 unspecified atom stereocenters. The lowest BCUT2D eigenvalue weighted by molar-refractivity contribution is -0.271. The first kappa shape index (κ1) is 24.8. The number of alkyl carbamates (subject to hydrolysis) is 1. The Labute approximate surface area is 201 Å². The Balaban J connectivity index is 1.64. The molecule has 2 saturated heterocycles. The minimum atomic E-state index is -4.99. The molecule has 1 spiro atoms. The second-order valence-electron chi connectivity index (χ2n) is 8.67. The third-order valence-electron chi connectivity index (χ3n) is 6.98. The van der Waals surface area contributed by atoms with E-state index in [-0.39, 0.29) is 44.0 Å². The highest BCUT2D eigenvalue weighted by atomic mass is 19.4. The van der Waals surface area contributed by atoms with Crippen LogP contribution < -0.4 is 10.1 Å². The third kappa shape index (κ3) is 4.20. The molecular weight excluding hydrogens is 465 g/mol. The van der Waals surface area contributed by atoms with Crippen LogP contribution in [0.3, 0.4) is 0 Å². The highest BCUT2D eigenvalue weighted by Gasteiger charge is 2.64. The predicted molar refractivity (Wildman–Crippen MR) is 120 cm³/mol. The summed E-state index contributed by atoms with van der Waals surface area (Å²) in [6.45, 7) is 0.208. The van der Waals surface area contributed by atoms with Crippen LogP contribution in [0.4, 0.5) is 18.0 Å². The van der Waals surface area contributed by atoms with E-state index >= 15 is 0 Å². The third-order valence-corrected chi connectivity index (χ3v) is 6.98. The number of methoxy groups -OCH3 is 2. The Morgan fingerprint density at radius 1 is 1.06 bits per heavy atom. The SMILES string of the molecule is COc1ccccc1C1CNC(=O)OC12CCN(C(=O)[C@](OC)(c1ccccc1)C(F)(F)F)CC2. The molecule has 0 aliphatic carbocycles.